The lowest BCUT2D eigenvalue weighted by molar-refractivity contribution is 0.186. The van der Waals surface area contributed by atoms with E-state index < -0.39 is 0 Å². The summed E-state index contributed by atoms with van der Waals surface area (Å²) in [5.41, 5.74) is 1.22. The Morgan fingerprint density at radius 3 is 2.81 bits per heavy atom. The van der Waals surface area contributed by atoms with Gasteiger partial charge in [-0.2, -0.15) is 0 Å². The van der Waals surface area contributed by atoms with Crippen molar-refractivity contribution >= 4 is 5.69 Å². The Balaban J connectivity index is 2.09. The predicted octanol–water partition coefficient (Wildman–Crippen LogP) is 1.52. The van der Waals surface area contributed by atoms with Crippen molar-refractivity contribution in [1.82, 2.24) is 4.57 Å². The first kappa shape index (κ1) is 14.9. The number of aromatic nitrogens is 1. The zero-order valence-corrected chi connectivity index (χ0v) is 11.7. The van der Waals surface area contributed by atoms with Crippen molar-refractivity contribution < 1.29 is 14.9 Å². The molecule has 0 aliphatic carbocycles. The van der Waals surface area contributed by atoms with Gasteiger partial charge < -0.3 is 24.8 Å². The van der Waals surface area contributed by atoms with Crippen LogP contribution in [-0.4, -0.2) is 28.5 Å². The van der Waals surface area contributed by atoms with Crippen molar-refractivity contribution in [2.24, 2.45) is 0 Å². The Hall–Kier alpha value is -2.47. The molecule has 0 unspecified atom stereocenters. The van der Waals surface area contributed by atoms with E-state index in [9.17, 15) is 15.0 Å². The number of ether oxygens (including phenoxy) is 1. The quantitative estimate of drug-likeness (QED) is 0.702. The fourth-order valence-corrected chi connectivity index (χ4v) is 1.92. The standard InChI is InChI=1S/C15H18N2O4/c1-21-8-7-17-10-12(5-6-14(17)19)16-9-11-3-2-4-13(18)15(11)20/h2-6,10,16,18,20H,7-9H2,1H3. The van der Waals surface area contributed by atoms with E-state index in [1.165, 1.54) is 12.1 Å². The van der Waals surface area contributed by atoms with Crippen molar-refractivity contribution in [2.75, 3.05) is 19.0 Å². The van der Waals surface area contributed by atoms with Crippen molar-refractivity contribution in [2.45, 2.75) is 13.1 Å². The van der Waals surface area contributed by atoms with Gasteiger partial charge in [-0.1, -0.05) is 12.1 Å². The maximum atomic E-state index is 11.7. The van der Waals surface area contributed by atoms with E-state index in [0.717, 1.165) is 5.69 Å². The van der Waals surface area contributed by atoms with Gasteiger partial charge in [0, 0.05) is 38.0 Å². The van der Waals surface area contributed by atoms with E-state index in [0.29, 0.717) is 25.3 Å². The van der Waals surface area contributed by atoms with E-state index in [4.69, 9.17) is 4.74 Å². The molecule has 0 aliphatic rings. The Morgan fingerprint density at radius 1 is 1.24 bits per heavy atom. The minimum atomic E-state index is -0.153. The summed E-state index contributed by atoms with van der Waals surface area (Å²) in [6.07, 6.45) is 1.70. The zero-order valence-electron chi connectivity index (χ0n) is 11.7. The van der Waals surface area contributed by atoms with Gasteiger partial charge in [0.1, 0.15) is 0 Å². The molecule has 0 radical (unpaired) electrons. The number of nitrogens with one attached hydrogen (secondary N) is 1. The molecule has 2 aromatic rings. The Bertz CT molecular complexity index is 667. The fourth-order valence-electron chi connectivity index (χ4n) is 1.92. The Kier molecular flexibility index (Phi) is 4.84. The van der Waals surface area contributed by atoms with Crippen LogP contribution >= 0.6 is 0 Å². The highest BCUT2D eigenvalue weighted by Crippen LogP contribution is 2.28. The highest BCUT2D eigenvalue weighted by Gasteiger charge is 2.05. The SMILES string of the molecule is COCCn1cc(NCc2cccc(O)c2O)ccc1=O. The number of methoxy groups -OCH3 is 1. The third-order valence-electron chi connectivity index (χ3n) is 3.10. The van der Waals surface area contributed by atoms with Gasteiger partial charge in [-0.25, -0.2) is 0 Å². The number of phenols is 2. The second-order valence-corrected chi connectivity index (χ2v) is 4.58. The second kappa shape index (κ2) is 6.81. The largest absolute Gasteiger partial charge is 0.504 e. The first-order chi connectivity index (χ1) is 10.1. The fraction of sp³-hybridized carbons (Fsp3) is 0.267. The molecule has 112 valence electrons. The first-order valence-corrected chi connectivity index (χ1v) is 6.55. The molecule has 6 heteroatoms. The number of nitrogens with zero attached hydrogens (tertiary/aromatic N) is 1. The molecule has 0 aliphatic heterocycles. The van der Waals surface area contributed by atoms with Gasteiger partial charge in [0.2, 0.25) is 0 Å². The summed E-state index contributed by atoms with van der Waals surface area (Å²) in [5.74, 6) is -0.294. The van der Waals surface area contributed by atoms with E-state index in [1.807, 2.05) is 0 Å². The van der Waals surface area contributed by atoms with Crippen LogP contribution in [0.5, 0.6) is 11.5 Å². The average Bonchev–Trinajstić information content (AvgIpc) is 2.49. The number of phenolic OH excluding ortho intramolecular Hbond substituents is 2. The Labute approximate surface area is 122 Å². The molecule has 2 rings (SSSR count). The van der Waals surface area contributed by atoms with E-state index in [-0.39, 0.29) is 17.1 Å². The highest BCUT2D eigenvalue weighted by atomic mass is 16.5. The van der Waals surface area contributed by atoms with Crippen LogP contribution in [0.3, 0.4) is 0 Å². The number of rotatable bonds is 6. The molecule has 1 aromatic heterocycles. The first-order valence-electron chi connectivity index (χ1n) is 6.55. The summed E-state index contributed by atoms with van der Waals surface area (Å²) in [4.78, 5) is 11.7. The summed E-state index contributed by atoms with van der Waals surface area (Å²) in [7, 11) is 1.58. The maximum Gasteiger partial charge on any atom is 0.250 e. The van der Waals surface area contributed by atoms with E-state index in [2.05, 4.69) is 5.32 Å². The lowest BCUT2D eigenvalue weighted by Crippen LogP contribution is -2.21. The molecular weight excluding hydrogens is 272 g/mol. The molecule has 0 spiro atoms. The zero-order chi connectivity index (χ0) is 15.2. The number of hydrogen-bond acceptors (Lipinski definition) is 5. The highest BCUT2D eigenvalue weighted by molar-refractivity contribution is 5.47. The maximum absolute atomic E-state index is 11.7. The molecule has 3 N–H and O–H groups in total. The molecule has 1 heterocycles. The summed E-state index contributed by atoms with van der Waals surface area (Å²) < 4.78 is 6.51. The van der Waals surface area contributed by atoms with Crippen molar-refractivity contribution in [1.29, 1.82) is 0 Å². The van der Waals surface area contributed by atoms with E-state index >= 15 is 0 Å². The molecule has 0 saturated carbocycles. The molecule has 0 atom stereocenters. The summed E-state index contributed by atoms with van der Waals surface area (Å²) in [5, 5.41) is 22.3. The van der Waals surface area contributed by atoms with Crippen LogP contribution in [0, 0.1) is 0 Å². The monoisotopic (exact) mass is 290 g/mol. The third kappa shape index (κ3) is 3.76. The van der Waals surface area contributed by atoms with Gasteiger partial charge in [-0.3, -0.25) is 4.79 Å². The molecular formula is C15H18N2O4. The number of para-hydroxylation sites is 1. The lowest BCUT2D eigenvalue weighted by atomic mass is 10.2. The summed E-state index contributed by atoms with van der Waals surface area (Å²) >= 11 is 0. The minimum Gasteiger partial charge on any atom is -0.504 e. The molecule has 0 saturated heterocycles. The van der Waals surface area contributed by atoms with Crippen LogP contribution in [0.25, 0.3) is 0 Å². The van der Waals surface area contributed by atoms with Crippen LogP contribution in [0.1, 0.15) is 5.56 Å². The number of pyridine rings is 1. The van der Waals surface area contributed by atoms with Gasteiger partial charge >= 0.3 is 0 Å². The molecule has 1 aromatic carbocycles. The predicted molar refractivity (Wildman–Crippen MR) is 79.7 cm³/mol. The van der Waals surface area contributed by atoms with Crippen molar-refractivity contribution in [3.8, 4) is 11.5 Å². The van der Waals surface area contributed by atoms with Crippen molar-refractivity contribution in [3.05, 3.63) is 52.4 Å². The Morgan fingerprint density at radius 2 is 2.05 bits per heavy atom. The van der Waals surface area contributed by atoms with Crippen molar-refractivity contribution in [3.63, 3.8) is 0 Å². The van der Waals surface area contributed by atoms with E-state index in [1.54, 1.807) is 36.1 Å². The third-order valence-corrected chi connectivity index (χ3v) is 3.10. The molecule has 0 amide bonds. The second-order valence-electron chi connectivity index (χ2n) is 4.58. The topological polar surface area (TPSA) is 83.7 Å². The van der Waals surface area contributed by atoms with Gasteiger partial charge in [0.25, 0.3) is 5.56 Å². The van der Waals surface area contributed by atoms with Crippen LogP contribution < -0.4 is 10.9 Å². The van der Waals surface area contributed by atoms with Crippen LogP contribution in [-0.2, 0) is 17.8 Å². The number of benzene rings is 1. The lowest BCUT2D eigenvalue weighted by Gasteiger charge is -2.11. The van der Waals surface area contributed by atoms with Crippen LogP contribution in [0.15, 0.2) is 41.3 Å². The van der Waals surface area contributed by atoms with Gasteiger partial charge in [0.05, 0.1) is 12.3 Å². The number of hydrogen-bond donors (Lipinski definition) is 3. The molecule has 21 heavy (non-hydrogen) atoms. The normalized spacial score (nSPS) is 10.5. The van der Waals surface area contributed by atoms with Crippen LogP contribution in [0.2, 0.25) is 0 Å². The smallest absolute Gasteiger partial charge is 0.250 e. The van der Waals surface area contributed by atoms with Crippen LogP contribution in [0.4, 0.5) is 5.69 Å². The van der Waals surface area contributed by atoms with Gasteiger partial charge in [0.15, 0.2) is 11.5 Å². The minimum absolute atomic E-state index is 0.0993. The van der Waals surface area contributed by atoms with Gasteiger partial charge in [-0.05, 0) is 12.1 Å². The summed E-state index contributed by atoms with van der Waals surface area (Å²) in [6.45, 7) is 1.27. The molecule has 0 bridgehead atoms. The average molecular weight is 290 g/mol. The van der Waals surface area contributed by atoms with Gasteiger partial charge in [-0.15, -0.1) is 0 Å². The number of aromatic hydroxyl groups is 2. The summed E-state index contributed by atoms with van der Waals surface area (Å²) in [6, 6.07) is 7.93. The number of anilines is 1. The molecule has 6 nitrogen and oxygen atoms in total. The molecule has 0 fully saturated rings.